The van der Waals surface area contributed by atoms with Crippen LogP contribution >= 0.6 is 38.5 Å². The maximum Gasteiger partial charge on any atom is 0.408 e. The van der Waals surface area contributed by atoms with E-state index in [1.54, 1.807) is 43.4 Å². The van der Waals surface area contributed by atoms with Crippen LogP contribution in [0.25, 0.3) is 0 Å². The fraction of sp³-hybridized carbons (Fsp3) is 0.364. The molecule has 0 aromatic heterocycles. The van der Waals surface area contributed by atoms with Crippen LogP contribution < -0.4 is 10.1 Å². The molecule has 2 aromatic rings. The van der Waals surface area contributed by atoms with Crippen molar-refractivity contribution in [2.75, 3.05) is 13.2 Å². The summed E-state index contributed by atoms with van der Waals surface area (Å²) < 4.78 is 31.1. The first kappa shape index (κ1) is 26.3. The van der Waals surface area contributed by atoms with Gasteiger partial charge in [-0.2, -0.15) is 0 Å². The van der Waals surface area contributed by atoms with Gasteiger partial charge in [0.15, 0.2) is 5.75 Å². The number of hydrogen-bond acceptors (Lipinski definition) is 5. The Bertz CT molecular complexity index is 952. The standard InChI is InChI=1S/C22H24BrFINO6/c1-22(2,3)32-21(29)26-14(11-30-10-13-7-5-4-6-8-13)12-31-19-17(23)16(24)9-15(18(19)25)20(27)28/h4-9,14H,10-12H2,1-3H3,(H,26,29)(H,27,28). The third-order valence-electron chi connectivity index (χ3n) is 3.93. The second kappa shape index (κ2) is 11.8. The first-order valence-electron chi connectivity index (χ1n) is 9.62. The quantitative estimate of drug-likeness (QED) is 0.288. The number of halogens is 3. The molecule has 174 valence electrons. The van der Waals surface area contributed by atoms with E-state index in [0.29, 0.717) is 6.61 Å². The molecule has 2 aromatic carbocycles. The lowest BCUT2D eigenvalue weighted by Gasteiger charge is -2.24. The Morgan fingerprint density at radius 1 is 1.22 bits per heavy atom. The van der Waals surface area contributed by atoms with E-state index < -0.39 is 29.5 Å². The van der Waals surface area contributed by atoms with Crippen LogP contribution in [-0.4, -0.2) is 42.0 Å². The number of carbonyl (C=O) groups excluding carboxylic acids is 1. The summed E-state index contributed by atoms with van der Waals surface area (Å²) in [5.41, 5.74) is 0.0359. The minimum Gasteiger partial charge on any atom is -0.489 e. The highest BCUT2D eigenvalue weighted by molar-refractivity contribution is 14.1. The molecule has 2 N–H and O–H groups in total. The molecule has 1 amide bonds. The Labute approximate surface area is 207 Å². The highest BCUT2D eigenvalue weighted by Crippen LogP contribution is 2.35. The van der Waals surface area contributed by atoms with Gasteiger partial charge in [-0.05, 0) is 70.9 Å². The maximum atomic E-state index is 14.2. The van der Waals surface area contributed by atoms with E-state index in [1.165, 1.54) is 0 Å². The van der Waals surface area contributed by atoms with E-state index in [2.05, 4.69) is 21.2 Å². The molecular weight excluding hydrogens is 600 g/mol. The van der Waals surface area contributed by atoms with Crippen molar-refractivity contribution in [1.82, 2.24) is 5.32 Å². The molecule has 0 spiro atoms. The molecule has 0 fully saturated rings. The first-order chi connectivity index (χ1) is 15.0. The van der Waals surface area contributed by atoms with Gasteiger partial charge in [-0.3, -0.25) is 0 Å². The summed E-state index contributed by atoms with van der Waals surface area (Å²) in [6.07, 6.45) is -0.659. The summed E-state index contributed by atoms with van der Waals surface area (Å²) in [6, 6.07) is 9.77. The van der Waals surface area contributed by atoms with Crippen LogP contribution in [0.15, 0.2) is 40.9 Å². The van der Waals surface area contributed by atoms with Gasteiger partial charge in [0, 0.05) is 0 Å². The molecule has 0 aliphatic heterocycles. The Kier molecular flexibility index (Phi) is 9.71. The summed E-state index contributed by atoms with van der Waals surface area (Å²) >= 11 is 4.88. The molecule has 0 radical (unpaired) electrons. The maximum absolute atomic E-state index is 14.2. The molecular formula is C22H24BrFINO6. The molecule has 1 atom stereocenters. The minimum absolute atomic E-state index is 0.00637. The number of alkyl carbamates (subject to hydrolysis) is 1. The molecule has 32 heavy (non-hydrogen) atoms. The van der Waals surface area contributed by atoms with E-state index in [0.717, 1.165) is 11.6 Å². The van der Waals surface area contributed by atoms with E-state index in [1.807, 2.05) is 30.3 Å². The number of carboxylic acid groups (broad SMARTS) is 1. The fourth-order valence-corrected chi connectivity index (χ4v) is 4.16. The highest BCUT2D eigenvalue weighted by atomic mass is 127. The minimum atomic E-state index is -1.28. The number of nitrogens with one attached hydrogen (secondary N) is 1. The smallest absolute Gasteiger partial charge is 0.408 e. The van der Waals surface area contributed by atoms with Gasteiger partial charge in [-0.25, -0.2) is 14.0 Å². The summed E-state index contributed by atoms with van der Waals surface area (Å²) in [5.74, 6) is -2.02. The Balaban J connectivity index is 2.13. The summed E-state index contributed by atoms with van der Waals surface area (Å²) in [4.78, 5) is 23.6. The molecule has 7 nitrogen and oxygen atoms in total. The van der Waals surface area contributed by atoms with Crippen LogP contribution in [0.2, 0.25) is 0 Å². The summed E-state index contributed by atoms with van der Waals surface area (Å²) in [7, 11) is 0. The van der Waals surface area contributed by atoms with Gasteiger partial charge in [-0.1, -0.05) is 30.3 Å². The largest absolute Gasteiger partial charge is 0.489 e. The normalized spacial score (nSPS) is 12.2. The molecule has 0 aliphatic carbocycles. The number of amides is 1. The second-order valence-corrected chi connectivity index (χ2v) is 9.69. The van der Waals surface area contributed by atoms with Crippen molar-refractivity contribution in [3.05, 3.63) is 61.4 Å². The van der Waals surface area contributed by atoms with Crippen molar-refractivity contribution in [3.8, 4) is 5.75 Å². The van der Waals surface area contributed by atoms with Crippen LogP contribution in [0.4, 0.5) is 9.18 Å². The van der Waals surface area contributed by atoms with Gasteiger partial charge in [0.1, 0.15) is 18.0 Å². The predicted octanol–water partition coefficient (Wildman–Crippen LogP) is 5.38. The average molecular weight is 624 g/mol. The van der Waals surface area contributed by atoms with Crippen LogP contribution in [0, 0.1) is 9.39 Å². The lowest BCUT2D eigenvalue weighted by molar-refractivity contribution is 0.0380. The van der Waals surface area contributed by atoms with Crippen molar-refractivity contribution < 1.29 is 33.3 Å². The zero-order valence-electron chi connectivity index (χ0n) is 17.8. The van der Waals surface area contributed by atoms with Crippen molar-refractivity contribution in [1.29, 1.82) is 0 Å². The summed E-state index contributed by atoms with van der Waals surface area (Å²) in [5, 5.41) is 12.0. The van der Waals surface area contributed by atoms with Gasteiger partial charge in [0.05, 0.1) is 32.9 Å². The lowest BCUT2D eigenvalue weighted by Crippen LogP contribution is -2.44. The topological polar surface area (TPSA) is 94.1 Å². The van der Waals surface area contributed by atoms with E-state index in [4.69, 9.17) is 14.2 Å². The van der Waals surface area contributed by atoms with Crippen molar-refractivity contribution in [3.63, 3.8) is 0 Å². The number of carboxylic acids is 1. The Morgan fingerprint density at radius 2 is 1.88 bits per heavy atom. The molecule has 0 heterocycles. The zero-order chi connectivity index (χ0) is 23.9. The molecule has 0 bridgehead atoms. The average Bonchev–Trinajstić information content (AvgIpc) is 2.69. The molecule has 1 unspecified atom stereocenters. The van der Waals surface area contributed by atoms with E-state index >= 15 is 0 Å². The number of hydrogen-bond donors (Lipinski definition) is 2. The van der Waals surface area contributed by atoms with Gasteiger partial charge in [0.25, 0.3) is 0 Å². The van der Waals surface area contributed by atoms with Gasteiger partial charge in [-0.15, -0.1) is 0 Å². The number of rotatable bonds is 9. The fourth-order valence-electron chi connectivity index (χ4n) is 2.55. The van der Waals surface area contributed by atoms with Gasteiger partial charge >= 0.3 is 12.1 Å². The second-order valence-electron chi connectivity index (χ2n) is 7.82. The zero-order valence-corrected chi connectivity index (χ0v) is 21.5. The van der Waals surface area contributed by atoms with Crippen molar-refractivity contribution in [2.45, 2.75) is 39.0 Å². The van der Waals surface area contributed by atoms with Crippen molar-refractivity contribution in [2.24, 2.45) is 0 Å². The molecule has 0 aliphatic rings. The molecule has 10 heteroatoms. The van der Waals surface area contributed by atoms with E-state index in [9.17, 15) is 19.1 Å². The van der Waals surface area contributed by atoms with Gasteiger partial charge in [0.2, 0.25) is 0 Å². The van der Waals surface area contributed by atoms with Crippen LogP contribution in [0.1, 0.15) is 36.7 Å². The molecule has 0 saturated carbocycles. The predicted molar refractivity (Wildman–Crippen MR) is 129 cm³/mol. The Hall–Kier alpha value is -1.92. The van der Waals surface area contributed by atoms with Crippen LogP contribution in [0.5, 0.6) is 5.75 Å². The van der Waals surface area contributed by atoms with Crippen LogP contribution in [0.3, 0.4) is 0 Å². The lowest BCUT2D eigenvalue weighted by atomic mass is 10.2. The van der Waals surface area contributed by atoms with Gasteiger partial charge < -0.3 is 24.6 Å². The molecule has 2 rings (SSSR count). The Morgan fingerprint density at radius 3 is 2.47 bits per heavy atom. The number of carbonyl (C=O) groups is 2. The number of aromatic carboxylic acids is 1. The van der Waals surface area contributed by atoms with Crippen LogP contribution in [-0.2, 0) is 16.1 Å². The summed E-state index contributed by atoms with van der Waals surface area (Å²) in [6.45, 7) is 5.52. The van der Waals surface area contributed by atoms with Crippen molar-refractivity contribution >= 4 is 50.6 Å². The monoisotopic (exact) mass is 623 g/mol. The SMILES string of the molecule is CC(C)(C)OC(=O)NC(COCc1ccccc1)COc1c(Br)c(F)cc(C(=O)O)c1I. The number of ether oxygens (including phenoxy) is 3. The molecule has 0 saturated heterocycles. The third-order valence-corrected chi connectivity index (χ3v) is 5.74. The van der Waals surface area contributed by atoms with E-state index in [-0.39, 0.29) is 32.6 Å². The third kappa shape index (κ3) is 8.21. The number of benzene rings is 2. The highest BCUT2D eigenvalue weighted by Gasteiger charge is 2.24. The first-order valence-corrected chi connectivity index (χ1v) is 11.5.